The number of fused-ring (bicyclic) bond motifs is 1. The topological polar surface area (TPSA) is 60.6 Å². The Morgan fingerprint density at radius 1 is 1.37 bits per heavy atom. The summed E-state index contributed by atoms with van der Waals surface area (Å²) in [5, 5.41) is 16.1. The van der Waals surface area contributed by atoms with Gasteiger partial charge >= 0.3 is 0 Å². The summed E-state index contributed by atoms with van der Waals surface area (Å²) < 4.78 is 4.00. The van der Waals surface area contributed by atoms with Gasteiger partial charge in [0, 0.05) is 44.4 Å². The van der Waals surface area contributed by atoms with Crippen molar-refractivity contribution in [2.45, 2.75) is 26.4 Å². The lowest BCUT2D eigenvalue weighted by Gasteiger charge is -2.14. The molecule has 0 radical (unpaired) electrons. The van der Waals surface area contributed by atoms with E-state index in [2.05, 4.69) is 27.5 Å². The average molecular weight is 305 g/mol. The molecular weight excluding hydrogens is 287 g/mol. The van der Waals surface area contributed by atoms with Crippen LogP contribution in [-0.4, -0.2) is 31.1 Å². The number of aryl methyl sites for hydroxylation is 2. The smallest absolute Gasteiger partial charge is 0.184 e. The first-order chi connectivity index (χ1) is 8.31. The van der Waals surface area contributed by atoms with Crippen molar-refractivity contribution in [1.29, 1.82) is 0 Å². The normalized spacial score (nSPS) is 13.4. The van der Waals surface area contributed by atoms with Crippen molar-refractivity contribution in [2.24, 2.45) is 7.05 Å². The number of hydrogen-bond acceptors (Lipinski definition) is 4. The summed E-state index contributed by atoms with van der Waals surface area (Å²) in [7, 11) is 2.00. The fourth-order valence-electron chi connectivity index (χ4n) is 2.37. The van der Waals surface area contributed by atoms with E-state index in [1.54, 1.807) is 6.33 Å². The summed E-state index contributed by atoms with van der Waals surface area (Å²) >= 11 is 0. The molecule has 3 heterocycles. The zero-order valence-electron chi connectivity index (χ0n) is 11.0. The van der Waals surface area contributed by atoms with Gasteiger partial charge in [0.2, 0.25) is 0 Å². The van der Waals surface area contributed by atoms with E-state index in [4.69, 9.17) is 0 Å². The number of hydrogen-bond donors (Lipinski definition) is 1. The van der Waals surface area contributed by atoms with E-state index in [0.29, 0.717) is 0 Å². The molecule has 106 valence electrons. The Labute approximate surface area is 124 Å². The number of rotatable bonds is 2. The Morgan fingerprint density at radius 2 is 2.16 bits per heavy atom. The van der Waals surface area contributed by atoms with Crippen molar-refractivity contribution >= 4 is 24.8 Å². The van der Waals surface area contributed by atoms with E-state index in [0.717, 1.165) is 37.6 Å². The molecule has 0 fully saturated rings. The van der Waals surface area contributed by atoms with Crippen LogP contribution < -0.4 is 5.32 Å². The highest BCUT2D eigenvalue weighted by atomic mass is 35.5. The molecule has 0 aliphatic carbocycles. The van der Waals surface area contributed by atoms with Crippen LogP contribution in [0.3, 0.4) is 0 Å². The van der Waals surface area contributed by atoms with Gasteiger partial charge in [-0.05, 0) is 6.92 Å². The molecule has 0 aromatic carbocycles. The average Bonchev–Trinajstić information content (AvgIpc) is 2.94. The van der Waals surface area contributed by atoms with Crippen molar-refractivity contribution in [3.63, 3.8) is 0 Å². The predicted octanol–water partition coefficient (Wildman–Crippen LogP) is 1.19. The Morgan fingerprint density at radius 3 is 2.89 bits per heavy atom. The van der Waals surface area contributed by atoms with Crippen LogP contribution in [-0.2, 0) is 26.6 Å². The van der Waals surface area contributed by atoms with Gasteiger partial charge in [0.15, 0.2) is 5.82 Å². The summed E-state index contributed by atoms with van der Waals surface area (Å²) in [6, 6.07) is 0. The van der Waals surface area contributed by atoms with Crippen LogP contribution in [0.5, 0.6) is 0 Å². The van der Waals surface area contributed by atoms with Gasteiger partial charge in [-0.1, -0.05) is 0 Å². The first-order valence-corrected chi connectivity index (χ1v) is 5.95. The fraction of sp³-hybridized carbons (Fsp3) is 0.545. The molecule has 1 aliphatic rings. The van der Waals surface area contributed by atoms with Crippen molar-refractivity contribution in [1.82, 2.24) is 29.9 Å². The lowest BCUT2D eigenvalue weighted by Crippen LogP contribution is -2.24. The Bertz CT molecular complexity index is 547. The van der Waals surface area contributed by atoms with Gasteiger partial charge in [-0.15, -0.1) is 35.0 Å². The molecular formula is C11H18Cl2N6. The lowest BCUT2D eigenvalue weighted by molar-refractivity contribution is 0.604. The molecule has 0 atom stereocenters. The molecule has 19 heavy (non-hydrogen) atoms. The van der Waals surface area contributed by atoms with E-state index in [1.807, 2.05) is 16.3 Å². The van der Waals surface area contributed by atoms with Crippen LogP contribution in [0.15, 0.2) is 6.33 Å². The molecule has 2 aromatic heterocycles. The van der Waals surface area contributed by atoms with Crippen LogP contribution in [0, 0.1) is 0 Å². The van der Waals surface area contributed by atoms with Gasteiger partial charge in [0.25, 0.3) is 0 Å². The van der Waals surface area contributed by atoms with Crippen molar-refractivity contribution < 1.29 is 0 Å². The molecule has 3 rings (SSSR count). The summed E-state index contributed by atoms with van der Waals surface area (Å²) in [6.45, 7) is 4.84. The van der Waals surface area contributed by atoms with Crippen molar-refractivity contribution in [3.8, 4) is 11.5 Å². The molecule has 0 amide bonds. The summed E-state index contributed by atoms with van der Waals surface area (Å²) in [4.78, 5) is 0. The standard InChI is InChI=1S/C11H16N6.2ClH/c1-3-17-7-13-14-11(17)10-8-6-12-5-4-9(8)16(2)15-10;;/h7,12H,3-6H2,1-2H3;2*1H. The summed E-state index contributed by atoms with van der Waals surface area (Å²) in [6.07, 6.45) is 2.78. The quantitative estimate of drug-likeness (QED) is 0.905. The van der Waals surface area contributed by atoms with Crippen LogP contribution in [0.2, 0.25) is 0 Å². The van der Waals surface area contributed by atoms with E-state index >= 15 is 0 Å². The first-order valence-electron chi connectivity index (χ1n) is 5.95. The first kappa shape index (κ1) is 15.9. The van der Waals surface area contributed by atoms with E-state index in [9.17, 15) is 0 Å². The van der Waals surface area contributed by atoms with Crippen LogP contribution in [0.25, 0.3) is 11.5 Å². The Kier molecular flexibility index (Phi) is 5.34. The van der Waals surface area contributed by atoms with E-state index < -0.39 is 0 Å². The number of nitrogens with zero attached hydrogens (tertiary/aromatic N) is 5. The van der Waals surface area contributed by atoms with Gasteiger partial charge < -0.3 is 9.88 Å². The highest BCUT2D eigenvalue weighted by Gasteiger charge is 2.22. The van der Waals surface area contributed by atoms with E-state index in [1.165, 1.54) is 11.3 Å². The highest BCUT2D eigenvalue weighted by Crippen LogP contribution is 2.25. The number of nitrogens with one attached hydrogen (secondary N) is 1. The summed E-state index contributed by atoms with van der Waals surface area (Å²) in [5.41, 5.74) is 3.54. The second-order valence-corrected chi connectivity index (χ2v) is 4.26. The molecule has 1 aliphatic heterocycles. The van der Waals surface area contributed by atoms with Crippen LogP contribution >= 0.6 is 24.8 Å². The Hall–Kier alpha value is -1.11. The van der Waals surface area contributed by atoms with Crippen LogP contribution in [0.4, 0.5) is 0 Å². The van der Waals surface area contributed by atoms with Gasteiger partial charge in [-0.3, -0.25) is 4.68 Å². The number of aromatic nitrogens is 5. The second kappa shape index (κ2) is 6.36. The molecule has 6 nitrogen and oxygen atoms in total. The lowest BCUT2D eigenvalue weighted by atomic mass is 10.1. The SMILES string of the molecule is CCn1cnnc1-c1nn(C)c2c1CNCC2.Cl.Cl. The zero-order chi connectivity index (χ0) is 11.8. The Balaban J connectivity index is 0.000000902. The maximum absolute atomic E-state index is 4.60. The molecule has 2 aromatic rings. The minimum atomic E-state index is 0. The molecule has 0 spiro atoms. The third-order valence-electron chi connectivity index (χ3n) is 3.28. The van der Waals surface area contributed by atoms with Gasteiger partial charge in [0.05, 0.1) is 0 Å². The molecule has 0 unspecified atom stereocenters. The minimum Gasteiger partial charge on any atom is -0.313 e. The largest absolute Gasteiger partial charge is 0.313 e. The fourth-order valence-corrected chi connectivity index (χ4v) is 2.37. The minimum absolute atomic E-state index is 0. The third-order valence-corrected chi connectivity index (χ3v) is 3.28. The molecule has 8 heteroatoms. The monoisotopic (exact) mass is 304 g/mol. The zero-order valence-corrected chi connectivity index (χ0v) is 12.6. The molecule has 0 saturated heterocycles. The van der Waals surface area contributed by atoms with Crippen LogP contribution in [0.1, 0.15) is 18.2 Å². The van der Waals surface area contributed by atoms with Gasteiger partial charge in [0.1, 0.15) is 12.0 Å². The van der Waals surface area contributed by atoms with Crippen molar-refractivity contribution in [3.05, 3.63) is 17.6 Å². The maximum atomic E-state index is 4.60. The maximum Gasteiger partial charge on any atom is 0.184 e. The van der Waals surface area contributed by atoms with E-state index in [-0.39, 0.29) is 24.8 Å². The van der Waals surface area contributed by atoms with Crippen molar-refractivity contribution in [2.75, 3.05) is 6.54 Å². The molecule has 1 N–H and O–H groups in total. The van der Waals surface area contributed by atoms with Gasteiger partial charge in [-0.25, -0.2) is 0 Å². The third kappa shape index (κ3) is 2.61. The second-order valence-electron chi connectivity index (χ2n) is 4.26. The molecule has 0 bridgehead atoms. The highest BCUT2D eigenvalue weighted by molar-refractivity contribution is 5.85. The number of halogens is 2. The van der Waals surface area contributed by atoms with Gasteiger partial charge in [-0.2, -0.15) is 5.10 Å². The molecule has 0 saturated carbocycles. The summed E-state index contributed by atoms with van der Waals surface area (Å²) in [5.74, 6) is 0.869. The predicted molar refractivity (Wildman–Crippen MR) is 77.8 cm³/mol.